The molecule has 0 aliphatic carbocycles. The van der Waals surface area contributed by atoms with Crippen LogP contribution >= 0.6 is 0 Å². The molecule has 1 aliphatic rings. The van der Waals surface area contributed by atoms with Crippen LogP contribution in [0.5, 0.6) is 0 Å². The highest BCUT2D eigenvalue weighted by Gasteiger charge is 2.36. The summed E-state index contributed by atoms with van der Waals surface area (Å²) in [5, 5.41) is 12.4. The Labute approximate surface area is 123 Å². The number of carbonyl (C=O) groups is 1. The highest BCUT2D eigenvalue weighted by molar-refractivity contribution is 5.78. The molecule has 1 heterocycles. The molecule has 1 rings (SSSR count). The number of hydrogen-bond acceptors (Lipinski definition) is 4. The Morgan fingerprint density at radius 3 is 2.65 bits per heavy atom. The lowest BCUT2D eigenvalue weighted by atomic mass is 9.92. The molecule has 0 aromatic rings. The lowest BCUT2D eigenvalue weighted by molar-refractivity contribution is -0.144. The average molecular weight is 285 g/mol. The third kappa shape index (κ3) is 4.17. The van der Waals surface area contributed by atoms with Gasteiger partial charge in [0, 0.05) is 18.6 Å². The van der Waals surface area contributed by atoms with Crippen LogP contribution in [0.2, 0.25) is 0 Å². The summed E-state index contributed by atoms with van der Waals surface area (Å²) in [4.78, 5) is 16.3. The molecule has 2 N–H and O–H groups in total. The van der Waals surface area contributed by atoms with Crippen molar-refractivity contribution in [2.75, 3.05) is 33.7 Å². The van der Waals surface area contributed by atoms with Crippen LogP contribution in [0.15, 0.2) is 0 Å². The van der Waals surface area contributed by atoms with Gasteiger partial charge in [-0.15, -0.1) is 0 Å². The molecule has 3 atom stereocenters. The van der Waals surface area contributed by atoms with Gasteiger partial charge in [-0.2, -0.15) is 0 Å². The predicted molar refractivity (Wildman–Crippen MR) is 82.1 cm³/mol. The van der Waals surface area contributed by atoms with Crippen LogP contribution < -0.4 is 5.32 Å². The molecule has 0 spiro atoms. The fourth-order valence-electron chi connectivity index (χ4n) is 3.21. The minimum atomic E-state index is -0.851. The second-order valence-corrected chi connectivity index (χ2v) is 6.36. The van der Waals surface area contributed by atoms with E-state index < -0.39 is 11.5 Å². The molecule has 1 aliphatic heterocycles. The Bertz CT molecular complexity index is 324. The standard InChI is InChI=1S/C15H31N3O2/c1-6-13-11-17(5)8-7-9-18(13)12(2)10-15(3,16-4)14(19)20/h12-13,16H,6-11H2,1-5H3,(H,19,20). The molecule has 1 fully saturated rings. The van der Waals surface area contributed by atoms with Gasteiger partial charge in [0.15, 0.2) is 0 Å². The van der Waals surface area contributed by atoms with Crippen LogP contribution in [0.25, 0.3) is 0 Å². The summed E-state index contributed by atoms with van der Waals surface area (Å²) in [7, 11) is 3.90. The van der Waals surface area contributed by atoms with Crippen molar-refractivity contribution >= 4 is 5.97 Å². The minimum Gasteiger partial charge on any atom is -0.480 e. The van der Waals surface area contributed by atoms with Crippen LogP contribution in [0.1, 0.15) is 40.0 Å². The molecule has 5 nitrogen and oxygen atoms in total. The lowest BCUT2D eigenvalue weighted by Crippen LogP contribution is -2.54. The quantitative estimate of drug-likeness (QED) is 0.769. The minimum absolute atomic E-state index is 0.264. The highest BCUT2D eigenvalue weighted by atomic mass is 16.4. The van der Waals surface area contributed by atoms with Gasteiger partial charge in [0.1, 0.15) is 5.54 Å². The zero-order chi connectivity index (χ0) is 15.3. The summed E-state index contributed by atoms with van der Waals surface area (Å²) >= 11 is 0. The Hall–Kier alpha value is -0.650. The van der Waals surface area contributed by atoms with E-state index in [4.69, 9.17) is 0 Å². The number of nitrogens with zero attached hydrogens (tertiary/aromatic N) is 2. The van der Waals surface area contributed by atoms with Crippen LogP contribution in [-0.2, 0) is 4.79 Å². The van der Waals surface area contributed by atoms with Gasteiger partial charge < -0.3 is 15.3 Å². The maximum absolute atomic E-state index is 11.5. The van der Waals surface area contributed by atoms with Crippen LogP contribution in [0.4, 0.5) is 0 Å². The highest BCUT2D eigenvalue weighted by Crippen LogP contribution is 2.22. The predicted octanol–water partition coefficient (Wildman–Crippen LogP) is 1.24. The smallest absolute Gasteiger partial charge is 0.323 e. The van der Waals surface area contributed by atoms with Crippen molar-refractivity contribution in [1.29, 1.82) is 0 Å². The monoisotopic (exact) mass is 285 g/mol. The summed E-state index contributed by atoms with van der Waals surface area (Å²) in [6.07, 6.45) is 2.89. The molecule has 0 radical (unpaired) electrons. The first-order valence-corrected chi connectivity index (χ1v) is 7.70. The van der Waals surface area contributed by atoms with Crippen molar-refractivity contribution in [3.05, 3.63) is 0 Å². The first-order chi connectivity index (χ1) is 9.34. The van der Waals surface area contributed by atoms with Gasteiger partial charge in [0.25, 0.3) is 0 Å². The third-order valence-corrected chi connectivity index (χ3v) is 4.71. The number of hydrogen-bond donors (Lipinski definition) is 2. The van der Waals surface area contributed by atoms with Gasteiger partial charge in [-0.3, -0.25) is 9.69 Å². The maximum Gasteiger partial charge on any atom is 0.323 e. The second-order valence-electron chi connectivity index (χ2n) is 6.36. The number of aliphatic carboxylic acids is 1. The average Bonchev–Trinajstić information content (AvgIpc) is 2.59. The largest absolute Gasteiger partial charge is 0.480 e. The molecule has 0 amide bonds. The van der Waals surface area contributed by atoms with Crippen molar-refractivity contribution < 1.29 is 9.90 Å². The van der Waals surface area contributed by atoms with Crippen LogP contribution in [-0.4, -0.2) is 72.2 Å². The van der Waals surface area contributed by atoms with Crippen molar-refractivity contribution in [2.24, 2.45) is 0 Å². The van der Waals surface area contributed by atoms with Crippen LogP contribution in [0, 0.1) is 0 Å². The molecule has 3 unspecified atom stereocenters. The Kier molecular flexibility index (Phi) is 6.43. The molecule has 0 aromatic heterocycles. The molecule has 0 aromatic carbocycles. The van der Waals surface area contributed by atoms with Crippen LogP contribution in [0.3, 0.4) is 0 Å². The second kappa shape index (κ2) is 7.38. The Morgan fingerprint density at radius 1 is 1.50 bits per heavy atom. The number of rotatable bonds is 6. The van der Waals surface area contributed by atoms with Gasteiger partial charge in [-0.25, -0.2) is 0 Å². The molecule has 5 heteroatoms. The summed E-state index contributed by atoms with van der Waals surface area (Å²) in [6.45, 7) is 9.41. The van der Waals surface area contributed by atoms with Gasteiger partial charge in [-0.1, -0.05) is 6.92 Å². The van der Waals surface area contributed by atoms with E-state index in [2.05, 4.69) is 36.0 Å². The number of carboxylic acid groups (broad SMARTS) is 1. The third-order valence-electron chi connectivity index (χ3n) is 4.71. The van der Waals surface area contributed by atoms with E-state index in [9.17, 15) is 9.90 Å². The number of carboxylic acids is 1. The molecule has 0 saturated carbocycles. The van der Waals surface area contributed by atoms with Crippen molar-refractivity contribution in [3.8, 4) is 0 Å². The zero-order valence-corrected chi connectivity index (χ0v) is 13.6. The first-order valence-electron chi connectivity index (χ1n) is 7.70. The molecule has 1 saturated heterocycles. The van der Waals surface area contributed by atoms with Gasteiger partial charge in [-0.05, 0) is 60.3 Å². The molecule has 0 bridgehead atoms. The zero-order valence-electron chi connectivity index (χ0n) is 13.6. The summed E-state index contributed by atoms with van der Waals surface area (Å²) in [5.74, 6) is -0.771. The van der Waals surface area contributed by atoms with Crippen molar-refractivity contribution in [1.82, 2.24) is 15.1 Å². The summed E-state index contributed by atoms with van der Waals surface area (Å²) < 4.78 is 0. The van der Waals surface area contributed by atoms with E-state index >= 15 is 0 Å². The molecule has 118 valence electrons. The van der Waals surface area contributed by atoms with Crippen molar-refractivity contribution in [3.63, 3.8) is 0 Å². The lowest BCUT2D eigenvalue weighted by Gasteiger charge is -2.38. The SMILES string of the molecule is CCC1CN(C)CCCN1C(C)CC(C)(NC)C(=O)O. The Morgan fingerprint density at radius 2 is 2.15 bits per heavy atom. The van der Waals surface area contributed by atoms with E-state index in [-0.39, 0.29) is 6.04 Å². The molecular formula is C15H31N3O2. The number of nitrogens with one attached hydrogen (secondary N) is 1. The fourth-order valence-corrected chi connectivity index (χ4v) is 3.21. The molecule has 20 heavy (non-hydrogen) atoms. The van der Waals surface area contributed by atoms with Gasteiger partial charge in [0.2, 0.25) is 0 Å². The van der Waals surface area contributed by atoms with Crippen molar-refractivity contribution in [2.45, 2.75) is 57.7 Å². The number of likely N-dealkylation sites (N-methyl/N-ethyl adjacent to an activating group) is 2. The first kappa shape index (κ1) is 17.4. The van der Waals surface area contributed by atoms with E-state index in [1.165, 1.54) is 0 Å². The van der Waals surface area contributed by atoms with Gasteiger partial charge in [0.05, 0.1) is 0 Å². The summed E-state index contributed by atoms with van der Waals surface area (Å²) in [5.41, 5.74) is -0.851. The Balaban J connectivity index is 2.77. The van der Waals surface area contributed by atoms with E-state index in [0.717, 1.165) is 32.5 Å². The van der Waals surface area contributed by atoms with E-state index in [0.29, 0.717) is 12.5 Å². The van der Waals surface area contributed by atoms with Gasteiger partial charge >= 0.3 is 5.97 Å². The normalized spacial score (nSPS) is 26.8. The maximum atomic E-state index is 11.5. The van der Waals surface area contributed by atoms with E-state index in [1.807, 2.05) is 0 Å². The summed E-state index contributed by atoms with van der Waals surface area (Å²) in [6, 6.07) is 0.785. The van der Waals surface area contributed by atoms with E-state index in [1.54, 1.807) is 14.0 Å². The fraction of sp³-hybridized carbons (Fsp3) is 0.933. The topological polar surface area (TPSA) is 55.8 Å². The molecular weight excluding hydrogens is 254 g/mol.